The number of ether oxygens (including phenoxy) is 1. The minimum absolute atomic E-state index is 0.0230. The van der Waals surface area contributed by atoms with E-state index in [4.69, 9.17) is 4.74 Å². The Balaban J connectivity index is 1.67. The summed E-state index contributed by atoms with van der Waals surface area (Å²) in [7, 11) is 0. The highest BCUT2D eigenvalue weighted by Crippen LogP contribution is 2.32. The highest BCUT2D eigenvalue weighted by molar-refractivity contribution is 6.11. The van der Waals surface area contributed by atoms with E-state index in [-0.39, 0.29) is 30.4 Å². The third-order valence-corrected chi connectivity index (χ3v) is 7.61. The van der Waals surface area contributed by atoms with Crippen molar-refractivity contribution >= 4 is 29.3 Å². The molecule has 2 aliphatic carbocycles. The topological polar surface area (TPSA) is 79.0 Å². The Morgan fingerprint density at radius 3 is 1.90 bits per heavy atom. The van der Waals surface area contributed by atoms with Gasteiger partial charge in [0, 0.05) is 17.6 Å². The van der Waals surface area contributed by atoms with E-state index >= 15 is 0 Å². The fourth-order valence-corrected chi connectivity index (χ4v) is 5.87. The van der Waals surface area contributed by atoms with Crippen LogP contribution in [0.3, 0.4) is 0 Å². The summed E-state index contributed by atoms with van der Waals surface area (Å²) >= 11 is 0. The molecule has 2 aromatic rings. The van der Waals surface area contributed by atoms with Crippen LogP contribution in [0.4, 0.5) is 16.2 Å². The van der Waals surface area contributed by atoms with Crippen LogP contribution in [0.25, 0.3) is 0 Å². The number of nitrogens with zero attached hydrogens (tertiary/aromatic N) is 2. The fraction of sp³-hybridized carbons (Fsp3) is 0.531. The lowest BCUT2D eigenvalue weighted by Gasteiger charge is -2.42. The molecule has 2 aromatic carbocycles. The van der Waals surface area contributed by atoms with Gasteiger partial charge in [-0.25, -0.2) is 4.79 Å². The standard InChI is InChI=1S/C32H43N3O4/c1-32(2,3)39-31(38)33-27-21-13-14-22-28(27)34(30(37)24-15-7-4-8-16-24)23-29(36)35(25-17-9-5-10-18-25)26-19-11-6-12-20-26/h4,7-8,13-16,21-22,25-26H,5-6,9-12,17-20,23H2,1-3H3,(H,33,38). The van der Waals surface area contributed by atoms with Gasteiger partial charge in [-0.3, -0.25) is 19.8 Å². The van der Waals surface area contributed by atoms with Crippen LogP contribution in [0.1, 0.15) is 95.3 Å². The zero-order valence-electron chi connectivity index (χ0n) is 23.7. The predicted molar refractivity (Wildman–Crippen MR) is 155 cm³/mol. The van der Waals surface area contributed by atoms with Gasteiger partial charge in [-0.2, -0.15) is 0 Å². The summed E-state index contributed by atoms with van der Waals surface area (Å²) in [6.07, 6.45) is 10.4. The molecule has 2 fully saturated rings. The minimum atomic E-state index is -0.672. The zero-order chi connectivity index (χ0) is 27.8. The maximum atomic E-state index is 14.2. The number of hydrogen-bond acceptors (Lipinski definition) is 4. The molecule has 0 unspecified atom stereocenters. The number of hydrogen-bond donors (Lipinski definition) is 1. The van der Waals surface area contributed by atoms with Gasteiger partial charge in [-0.05, 0) is 70.7 Å². The number of carbonyl (C=O) groups excluding carboxylic acids is 3. The van der Waals surface area contributed by atoms with Gasteiger partial charge in [0.15, 0.2) is 0 Å². The van der Waals surface area contributed by atoms with Crippen molar-refractivity contribution in [1.29, 1.82) is 0 Å². The first kappa shape index (κ1) is 28.7. The van der Waals surface area contributed by atoms with Crippen molar-refractivity contribution in [3.05, 3.63) is 60.2 Å². The first-order valence-corrected chi connectivity index (χ1v) is 14.5. The first-order valence-electron chi connectivity index (χ1n) is 14.5. The van der Waals surface area contributed by atoms with Gasteiger partial charge in [-0.1, -0.05) is 68.9 Å². The normalized spacial score (nSPS) is 16.8. The van der Waals surface area contributed by atoms with Crippen LogP contribution in [0.5, 0.6) is 0 Å². The van der Waals surface area contributed by atoms with Crippen LogP contribution in [0.15, 0.2) is 54.6 Å². The minimum Gasteiger partial charge on any atom is -0.444 e. The SMILES string of the molecule is CC(C)(C)OC(=O)Nc1ccccc1N(CC(=O)N(C1CCCCC1)C1CCCCC1)C(=O)c1ccccc1. The van der Waals surface area contributed by atoms with Crippen molar-refractivity contribution < 1.29 is 19.1 Å². The Morgan fingerprint density at radius 2 is 1.33 bits per heavy atom. The van der Waals surface area contributed by atoms with Crippen molar-refractivity contribution in [2.45, 2.75) is 103 Å². The zero-order valence-corrected chi connectivity index (χ0v) is 23.7. The molecular formula is C32H43N3O4. The van der Waals surface area contributed by atoms with Gasteiger partial charge in [0.1, 0.15) is 12.1 Å². The molecule has 210 valence electrons. The highest BCUT2D eigenvalue weighted by atomic mass is 16.6. The number of nitrogens with one attached hydrogen (secondary N) is 1. The molecule has 4 rings (SSSR count). The van der Waals surface area contributed by atoms with Gasteiger partial charge in [0.25, 0.3) is 5.91 Å². The van der Waals surface area contributed by atoms with E-state index < -0.39 is 11.7 Å². The van der Waals surface area contributed by atoms with Crippen molar-refractivity contribution in [3.8, 4) is 0 Å². The Kier molecular flexibility index (Phi) is 9.65. The van der Waals surface area contributed by atoms with Crippen LogP contribution >= 0.6 is 0 Å². The smallest absolute Gasteiger partial charge is 0.412 e. The summed E-state index contributed by atoms with van der Waals surface area (Å²) in [6, 6.07) is 16.5. The Hall–Kier alpha value is -3.35. The molecule has 0 radical (unpaired) electrons. The number of benzene rings is 2. The molecule has 0 saturated heterocycles. The summed E-state index contributed by atoms with van der Waals surface area (Å²) in [4.78, 5) is 44.5. The molecule has 2 saturated carbocycles. The first-order chi connectivity index (χ1) is 18.7. The molecule has 2 aliphatic rings. The lowest BCUT2D eigenvalue weighted by Crippen LogP contribution is -2.53. The number of anilines is 2. The van der Waals surface area contributed by atoms with Crippen molar-refractivity contribution in [2.75, 3.05) is 16.8 Å². The summed E-state index contributed by atoms with van der Waals surface area (Å²) in [5.74, 6) is -0.306. The van der Waals surface area contributed by atoms with E-state index in [1.807, 2.05) is 24.3 Å². The second kappa shape index (κ2) is 13.1. The monoisotopic (exact) mass is 533 g/mol. The van der Waals surface area contributed by atoms with Crippen molar-refractivity contribution in [1.82, 2.24) is 4.90 Å². The van der Waals surface area contributed by atoms with Crippen LogP contribution in [-0.2, 0) is 9.53 Å². The maximum absolute atomic E-state index is 14.2. The predicted octanol–water partition coefficient (Wildman–Crippen LogP) is 7.17. The van der Waals surface area contributed by atoms with Crippen LogP contribution in [0, 0.1) is 0 Å². The van der Waals surface area contributed by atoms with Crippen molar-refractivity contribution in [3.63, 3.8) is 0 Å². The highest BCUT2D eigenvalue weighted by Gasteiger charge is 2.35. The number of rotatable bonds is 7. The molecular weight excluding hydrogens is 490 g/mol. The third-order valence-electron chi connectivity index (χ3n) is 7.61. The van der Waals surface area contributed by atoms with E-state index in [1.165, 1.54) is 17.7 Å². The van der Waals surface area contributed by atoms with E-state index in [0.29, 0.717) is 16.9 Å². The van der Waals surface area contributed by atoms with Crippen LogP contribution < -0.4 is 10.2 Å². The maximum Gasteiger partial charge on any atom is 0.412 e. The molecule has 7 nitrogen and oxygen atoms in total. The number of para-hydroxylation sites is 2. The molecule has 3 amide bonds. The molecule has 0 spiro atoms. The Labute approximate surface area is 232 Å². The van der Waals surface area contributed by atoms with Gasteiger partial charge >= 0.3 is 6.09 Å². The lowest BCUT2D eigenvalue weighted by atomic mass is 9.88. The van der Waals surface area contributed by atoms with Gasteiger partial charge in [-0.15, -0.1) is 0 Å². The summed E-state index contributed by atoms with van der Waals surface area (Å²) in [5, 5.41) is 2.80. The number of carbonyl (C=O) groups is 3. The average molecular weight is 534 g/mol. The second-order valence-electron chi connectivity index (χ2n) is 11.8. The van der Waals surface area contributed by atoms with Crippen molar-refractivity contribution in [2.24, 2.45) is 0 Å². The van der Waals surface area contributed by atoms with E-state index in [1.54, 1.807) is 51.1 Å². The van der Waals surface area contributed by atoms with E-state index in [2.05, 4.69) is 10.2 Å². The van der Waals surface area contributed by atoms with Gasteiger partial charge in [0.05, 0.1) is 11.4 Å². The molecule has 1 N–H and O–H groups in total. The summed E-state index contributed by atoms with van der Waals surface area (Å²) in [6.45, 7) is 5.31. The molecule has 39 heavy (non-hydrogen) atoms. The van der Waals surface area contributed by atoms with Crippen LogP contribution in [0.2, 0.25) is 0 Å². The molecule has 7 heteroatoms. The third kappa shape index (κ3) is 7.84. The van der Waals surface area contributed by atoms with Gasteiger partial charge < -0.3 is 9.64 Å². The molecule has 0 heterocycles. The van der Waals surface area contributed by atoms with E-state index in [0.717, 1.165) is 51.4 Å². The van der Waals surface area contributed by atoms with Crippen LogP contribution in [-0.4, -0.2) is 47.0 Å². The molecule has 0 aliphatic heterocycles. The second-order valence-corrected chi connectivity index (χ2v) is 11.8. The largest absolute Gasteiger partial charge is 0.444 e. The Bertz CT molecular complexity index is 1100. The lowest BCUT2D eigenvalue weighted by molar-refractivity contribution is -0.136. The Morgan fingerprint density at radius 1 is 0.795 bits per heavy atom. The summed E-state index contributed by atoms with van der Waals surface area (Å²) in [5.41, 5.74) is 0.706. The average Bonchev–Trinajstić information content (AvgIpc) is 2.92. The number of amides is 3. The quantitative estimate of drug-likeness (QED) is 0.409. The fourth-order valence-electron chi connectivity index (χ4n) is 5.87. The molecule has 0 atom stereocenters. The molecule has 0 bridgehead atoms. The van der Waals surface area contributed by atoms with E-state index in [9.17, 15) is 14.4 Å². The molecule has 0 aromatic heterocycles. The van der Waals surface area contributed by atoms with Gasteiger partial charge in [0.2, 0.25) is 5.91 Å². The summed E-state index contributed by atoms with van der Waals surface area (Å²) < 4.78 is 5.47.